The third kappa shape index (κ3) is 4.11. The van der Waals surface area contributed by atoms with Gasteiger partial charge < -0.3 is 5.11 Å². The lowest BCUT2D eigenvalue weighted by Crippen LogP contribution is -2.20. The Bertz CT molecular complexity index is 163. The summed E-state index contributed by atoms with van der Waals surface area (Å²) in [4.78, 5) is 21.4. The number of hydrogen-bond donors (Lipinski definition) is 1. The average Bonchev–Trinajstić information content (AvgIpc) is 2.03. The molecule has 0 spiro atoms. The molecule has 0 aromatic rings. The third-order valence-electron chi connectivity index (χ3n) is 1.88. The SMILES string of the molecule is CCCCCC(=O)C(C)C(=O)O. The lowest BCUT2D eigenvalue weighted by atomic mass is 10.0. The lowest BCUT2D eigenvalue weighted by Gasteiger charge is -2.03. The molecule has 1 N–H and O–H groups in total. The van der Waals surface area contributed by atoms with Crippen molar-refractivity contribution in [3.63, 3.8) is 0 Å². The van der Waals surface area contributed by atoms with Crippen molar-refractivity contribution in [3.8, 4) is 0 Å². The molecule has 0 rings (SSSR count). The van der Waals surface area contributed by atoms with Crippen LogP contribution in [0.1, 0.15) is 39.5 Å². The lowest BCUT2D eigenvalue weighted by molar-refractivity contribution is -0.145. The maximum atomic E-state index is 11.1. The van der Waals surface area contributed by atoms with Gasteiger partial charge in [-0.15, -0.1) is 0 Å². The van der Waals surface area contributed by atoms with E-state index in [0.717, 1.165) is 19.3 Å². The van der Waals surface area contributed by atoms with Gasteiger partial charge in [-0.25, -0.2) is 0 Å². The largest absolute Gasteiger partial charge is 0.481 e. The summed E-state index contributed by atoms with van der Waals surface area (Å²) in [6, 6.07) is 0. The van der Waals surface area contributed by atoms with Gasteiger partial charge in [0.05, 0.1) is 0 Å². The van der Waals surface area contributed by atoms with Crippen LogP contribution in [-0.4, -0.2) is 16.9 Å². The van der Waals surface area contributed by atoms with Gasteiger partial charge in [0.2, 0.25) is 0 Å². The minimum absolute atomic E-state index is 0.157. The van der Waals surface area contributed by atoms with E-state index in [0.29, 0.717) is 6.42 Å². The number of ketones is 1. The first kappa shape index (κ1) is 11.1. The molecule has 0 aromatic carbocycles. The van der Waals surface area contributed by atoms with Crippen molar-refractivity contribution >= 4 is 11.8 Å². The van der Waals surface area contributed by atoms with Crippen LogP contribution in [0.3, 0.4) is 0 Å². The number of carbonyl (C=O) groups excluding carboxylic acids is 1. The fraction of sp³-hybridized carbons (Fsp3) is 0.778. The van der Waals surface area contributed by atoms with Crippen molar-refractivity contribution in [1.82, 2.24) is 0 Å². The zero-order chi connectivity index (χ0) is 9.56. The highest BCUT2D eigenvalue weighted by Crippen LogP contribution is 2.06. The molecular weight excluding hydrogens is 156 g/mol. The first-order valence-electron chi connectivity index (χ1n) is 4.35. The Morgan fingerprint density at radius 1 is 1.33 bits per heavy atom. The molecule has 70 valence electrons. The maximum Gasteiger partial charge on any atom is 0.313 e. The molecule has 0 bridgehead atoms. The van der Waals surface area contributed by atoms with Gasteiger partial charge in [0.15, 0.2) is 0 Å². The van der Waals surface area contributed by atoms with E-state index in [9.17, 15) is 9.59 Å². The minimum Gasteiger partial charge on any atom is -0.481 e. The van der Waals surface area contributed by atoms with E-state index in [2.05, 4.69) is 0 Å². The van der Waals surface area contributed by atoms with Gasteiger partial charge >= 0.3 is 5.97 Å². The summed E-state index contributed by atoms with van der Waals surface area (Å²) in [5.41, 5.74) is 0. The summed E-state index contributed by atoms with van der Waals surface area (Å²) in [5.74, 6) is -2.01. The minimum atomic E-state index is -1.02. The van der Waals surface area contributed by atoms with Gasteiger partial charge in [0.25, 0.3) is 0 Å². The van der Waals surface area contributed by atoms with Crippen molar-refractivity contribution in [2.75, 3.05) is 0 Å². The Morgan fingerprint density at radius 2 is 1.92 bits per heavy atom. The van der Waals surface area contributed by atoms with E-state index in [1.807, 2.05) is 6.92 Å². The first-order valence-corrected chi connectivity index (χ1v) is 4.35. The van der Waals surface area contributed by atoms with Crippen LogP contribution in [0.25, 0.3) is 0 Å². The molecule has 0 aliphatic rings. The van der Waals surface area contributed by atoms with Crippen LogP contribution in [0.4, 0.5) is 0 Å². The second kappa shape index (κ2) is 5.75. The zero-order valence-electron chi connectivity index (χ0n) is 7.67. The second-order valence-corrected chi connectivity index (χ2v) is 2.98. The molecule has 0 radical (unpaired) electrons. The van der Waals surface area contributed by atoms with Gasteiger partial charge in [0.1, 0.15) is 11.7 Å². The van der Waals surface area contributed by atoms with Gasteiger partial charge in [-0.3, -0.25) is 9.59 Å². The zero-order valence-corrected chi connectivity index (χ0v) is 7.67. The predicted molar refractivity (Wildman–Crippen MR) is 45.9 cm³/mol. The van der Waals surface area contributed by atoms with Crippen LogP contribution in [0.5, 0.6) is 0 Å². The smallest absolute Gasteiger partial charge is 0.313 e. The van der Waals surface area contributed by atoms with E-state index in [1.54, 1.807) is 0 Å². The molecule has 0 amide bonds. The van der Waals surface area contributed by atoms with E-state index >= 15 is 0 Å². The number of carbonyl (C=O) groups is 2. The third-order valence-corrected chi connectivity index (χ3v) is 1.88. The number of unbranched alkanes of at least 4 members (excludes halogenated alkanes) is 2. The number of carboxylic acid groups (broad SMARTS) is 1. The number of rotatable bonds is 6. The molecule has 1 unspecified atom stereocenters. The molecule has 3 heteroatoms. The van der Waals surface area contributed by atoms with Crippen LogP contribution in [0.15, 0.2) is 0 Å². The fourth-order valence-corrected chi connectivity index (χ4v) is 0.903. The average molecular weight is 172 g/mol. The Morgan fingerprint density at radius 3 is 2.33 bits per heavy atom. The van der Waals surface area contributed by atoms with Crippen molar-refractivity contribution in [1.29, 1.82) is 0 Å². The van der Waals surface area contributed by atoms with Gasteiger partial charge in [0, 0.05) is 6.42 Å². The molecule has 0 heterocycles. The maximum absolute atomic E-state index is 11.1. The molecule has 0 fully saturated rings. The predicted octanol–water partition coefficient (Wildman–Crippen LogP) is 1.86. The summed E-state index contributed by atoms with van der Waals surface area (Å²) >= 11 is 0. The summed E-state index contributed by atoms with van der Waals surface area (Å²) in [6.07, 6.45) is 3.26. The summed E-state index contributed by atoms with van der Waals surface area (Å²) in [7, 11) is 0. The van der Waals surface area contributed by atoms with Crippen molar-refractivity contribution in [3.05, 3.63) is 0 Å². The topological polar surface area (TPSA) is 54.4 Å². The molecule has 0 aliphatic carbocycles. The molecule has 0 aromatic heterocycles. The number of aliphatic carboxylic acids is 1. The molecule has 3 nitrogen and oxygen atoms in total. The number of hydrogen-bond acceptors (Lipinski definition) is 2. The molecule has 0 aliphatic heterocycles. The summed E-state index contributed by atoms with van der Waals surface area (Å²) in [5, 5.41) is 8.49. The van der Waals surface area contributed by atoms with E-state index in [-0.39, 0.29) is 5.78 Å². The highest BCUT2D eigenvalue weighted by molar-refractivity contribution is 5.97. The van der Waals surface area contributed by atoms with E-state index in [4.69, 9.17) is 5.11 Å². The number of carboxylic acids is 1. The molecular formula is C9H16O3. The van der Waals surface area contributed by atoms with Gasteiger partial charge in [-0.05, 0) is 13.3 Å². The van der Waals surface area contributed by atoms with Crippen LogP contribution in [0, 0.1) is 5.92 Å². The standard InChI is InChI=1S/C9H16O3/c1-3-4-5-6-8(10)7(2)9(11)12/h7H,3-6H2,1-2H3,(H,11,12). The normalized spacial score (nSPS) is 12.5. The van der Waals surface area contributed by atoms with E-state index in [1.165, 1.54) is 6.92 Å². The molecule has 12 heavy (non-hydrogen) atoms. The van der Waals surface area contributed by atoms with Crippen LogP contribution >= 0.6 is 0 Å². The number of Topliss-reactive ketones (excluding diaryl/α,β-unsaturated/α-hetero) is 1. The molecule has 0 saturated heterocycles. The van der Waals surface area contributed by atoms with Crippen LogP contribution in [-0.2, 0) is 9.59 Å². The van der Waals surface area contributed by atoms with Gasteiger partial charge in [-0.1, -0.05) is 19.8 Å². The molecule has 0 saturated carbocycles. The Labute approximate surface area is 72.8 Å². The van der Waals surface area contributed by atoms with Crippen LogP contribution in [0.2, 0.25) is 0 Å². The Kier molecular flexibility index (Phi) is 5.34. The van der Waals surface area contributed by atoms with Crippen molar-refractivity contribution < 1.29 is 14.7 Å². The highest BCUT2D eigenvalue weighted by atomic mass is 16.4. The monoisotopic (exact) mass is 172 g/mol. The van der Waals surface area contributed by atoms with Crippen molar-refractivity contribution in [2.45, 2.75) is 39.5 Å². The van der Waals surface area contributed by atoms with Crippen molar-refractivity contribution in [2.24, 2.45) is 5.92 Å². The Balaban J connectivity index is 3.65. The highest BCUT2D eigenvalue weighted by Gasteiger charge is 2.18. The first-order chi connectivity index (χ1) is 5.59. The fourth-order valence-electron chi connectivity index (χ4n) is 0.903. The van der Waals surface area contributed by atoms with E-state index < -0.39 is 11.9 Å². The second-order valence-electron chi connectivity index (χ2n) is 2.98. The summed E-state index contributed by atoms with van der Waals surface area (Å²) in [6.45, 7) is 3.49. The quantitative estimate of drug-likeness (QED) is 0.491. The summed E-state index contributed by atoms with van der Waals surface area (Å²) < 4.78 is 0. The van der Waals surface area contributed by atoms with Crippen LogP contribution < -0.4 is 0 Å². The molecule has 1 atom stereocenters. The Hall–Kier alpha value is -0.860. The van der Waals surface area contributed by atoms with Gasteiger partial charge in [-0.2, -0.15) is 0 Å².